The minimum absolute atomic E-state index is 0.299. The minimum Gasteiger partial charge on any atom is -0.388 e. The molecule has 0 amide bonds. The van der Waals surface area contributed by atoms with Crippen molar-refractivity contribution in [2.45, 2.75) is 32.8 Å². The lowest BCUT2D eigenvalue weighted by Gasteiger charge is -2.14. The van der Waals surface area contributed by atoms with Crippen molar-refractivity contribution in [1.29, 1.82) is 0 Å². The number of hydrogen-bond acceptors (Lipinski definition) is 1. The fraction of sp³-hybridized carbons (Fsp3) is 0.333. The molecule has 112 valence electrons. The zero-order valence-corrected chi connectivity index (χ0v) is 13.9. The van der Waals surface area contributed by atoms with E-state index >= 15 is 0 Å². The maximum absolute atomic E-state index is 13.5. The van der Waals surface area contributed by atoms with Crippen LogP contribution in [-0.4, -0.2) is 5.11 Å². The summed E-state index contributed by atoms with van der Waals surface area (Å²) in [5, 5.41) is 10.3. The van der Waals surface area contributed by atoms with Crippen LogP contribution >= 0.6 is 15.9 Å². The lowest BCUT2D eigenvalue weighted by Crippen LogP contribution is -2.03. The van der Waals surface area contributed by atoms with E-state index in [1.165, 1.54) is 11.6 Å². The first-order valence-electron chi connectivity index (χ1n) is 7.17. The second-order valence-corrected chi connectivity index (χ2v) is 6.57. The van der Waals surface area contributed by atoms with Crippen LogP contribution in [0.1, 0.15) is 36.6 Å². The van der Waals surface area contributed by atoms with Gasteiger partial charge in [0, 0.05) is 6.42 Å². The van der Waals surface area contributed by atoms with E-state index in [-0.39, 0.29) is 5.82 Å². The summed E-state index contributed by atoms with van der Waals surface area (Å²) < 4.78 is 13.9. The largest absolute Gasteiger partial charge is 0.388 e. The Bertz CT molecular complexity index is 593. The second-order valence-electron chi connectivity index (χ2n) is 5.77. The van der Waals surface area contributed by atoms with Crippen molar-refractivity contribution in [3.8, 4) is 0 Å². The average molecular weight is 351 g/mol. The molecule has 3 heteroatoms. The number of halogens is 2. The van der Waals surface area contributed by atoms with Crippen LogP contribution in [0.3, 0.4) is 0 Å². The molecule has 2 rings (SSSR count). The van der Waals surface area contributed by atoms with Gasteiger partial charge in [-0.25, -0.2) is 4.39 Å². The van der Waals surface area contributed by atoms with E-state index in [1.54, 1.807) is 6.07 Å². The van der Waals surface area contributed by atoms with Crippen molar-refractivity contribution < 1.29 is 9.50 Å². The van der Waals surface area contributed by atoms with Gasteiger partial charge < -0.3 is 5.11 Å². The predicted molar refractivity (Wildman–Crippen MR) is 87.7 cm³/mol. The highest BCUT2D eigenvalue weighted by Crippen LogP contribution is 2.26. The zero-order chi connectivity index (χ0) is 15.4. The summed E-state index contributed by atoms with van der Waals surface area (Å²) >= 11 is 3.23. The lowest BCUT2D eigenvalue weighted by atomic mass is 9.97. The monoisotopic (exact) mass is 350 g/mol. The molecular weight excluding hydrogens is 331 g/mol. The van der Waals surface area contributed by atoms with Gasteiger partial charge in [-0.2, -0.15) is 0 Å². The Balaban J connectivity index is 2.09. The number of aliphatic hydroxyl groups excluding tert-OH is 1. The third-order valence-electron chi connectivity index (χ3n) is 3.45. The standard InChI is InChI=1S/C18H20BrFO/c1-12(2)10-13-6-8-14(9-7-13)17(21)11-15-4-3-5-16(20)18(15)19/h3-9,12,17,21H,10-11H2,1-2H3. The van der Waals surface area contributed by atoms with Crippen LogP contribution in [0.5, 0.6) is 0 Å². The van der Waals surface area contributed by atoms with E-state index in [4.69, 9.17) is 0 Å². The van der Waals surface area contributed by atoms with Crippen LogP contribution in [0.4, 0.5) is 4.39 Å². The predicted octanol–water partition coefficient (Wildman–Crippen LogP) is 5.06. The molecule has 0 bridgehead atoms. The molecule has 1 atom stereocenters. The molecule has 0 heterocycles. The first-order valence-corrected chi connectivity index (χ1v) is 7.96. The number of aliphatic hydroxyl groups is 1. The summed E-state index contributed by atoms with van der Waals surface area (Å²) in [6, 6.07) is 12.9. The molecule has 0 spiro atoms. The smallest absolute Gasteiger partial charge is 0.137 e. The van der Waals surface area contributed by atoms with Gasteiger partial charge in [0.15, 0.2) is 0 Å². The van der Waals surface area contributed by atoms with Gasteiger partial charge >= 0.3 is 0 Å². The first kappa shape index (κ1) is 16.2. The maximum Gasteiger partial charge on any atom is 0.137 e. The number of hydrogen-bond donors (Lipinski definition) is 1. The van der Waals surface area contributed by atoms with Crippen LogP contribution in [0.2, 0.25) is 0 Å². The quantitative estimate of drug-likeness (QED) is 0.798. The van der Waals surface area contributed by atoms with Crippen molar-refractivity contribution in [3.05, 3.63) is 69.4 Å². The summed E-state index contributed by atoms with van der Waals surface area (Å²) in [5.74, 6) is 0.316. The van der Waals surface area contributed by atoms with Gasteiger partial charge in [0.25, 0.3) is 0 Å². The molecule has 1 nitrogen and oxygen atoms in total. The van der Waals surface area contributed by atoms with E-state index in [2.05, 4.69) is 41.9 Å². The molecule has 1 unspecified atom stereocenters. The van der Waals surface area contributed by atoms with Crippen LogP contribution in [0, 0.1) is 11.7 Å². The molecule has 1 N–H and O–H groups in total. The fourth-order valence-corrected chi connectivity index (χ4v) is 2.81. The molecule has 0 saturated heterocycles. The Kier molecular flexibility index (Phi) is 5.54. The molecule has 0 aromatic heterocycles. The molecule has 0 aliphatic carbocycles. The van der Waals surface area contributed by atoms with Gasteiger partial charge in [-0.1, -0.05) is 50.2 Å². The summed E-state index contributed by atoms with van der Waals surface area (Å²) in [6.07, 6.45) is 0.796. The molecule has 0 fully saturated rings. The number of benzene rings is 2. The summed E-state index contributed by atoms with van der Waals surface area (Å²) in [4.78, 5) is 0. The summed E-state index contributed by atoms with van der Waals surface area (Å²) in [7, 11) is 0. The van der Waals surface area contributed by atoms with Crippen molar-refractivity contribution in [2.75, 3.05) is 0 Å². The normalized spacial score (nSPS) is 12.7. The van der Waals surface area contributed by atoms with Crippen molar-refractivity contribution in [2.24, 2.45) is 5.92 Å². The van der Waals surface area contributed by atoms with Crippen molar-refractivity contribution in [1.82, 2.24) is 0 Å². The molecule has 0 radical (unpaired) electrons. The Hall–Kier alpha value is -1.19. The number of rotatable bonds is 5. The molecule has 0 saturated carbocycles. The zero-order valence-electron chi connectivity index (χ0n) is 12.3. The van der Waals surface area contributed by atoms with E-state index < -0.39 is 6.10 Å². The van der Waals surface area contributed by atoms with Gasteiger partial charge in [-0.15, -0.1) is 0 Å². The molecule has 0 aliphatic rings. The molecule has 2 aromatic rings. The molecule has 21 heavy (non-hydrogen) atoms. The van der Waals surface area contributed by atoms with Gasteiger partial charge in [-0.3, -0.25) is 0 Å². The van der Waals surface area contributed by atoms with Crippen LogP contribution < -0.4 is 0 Å². The van der Waals surface area contributed by atoms with Crippen molar-refractivity contribution >= 4 is 15.9 Å². The van der Waals surface area contributed by atoms with Crippen LogP contribution in [0.25, 0.3) is 0 Å². The Morgan fingerprint density at radius 1 is 1.05 bits per heavy atom. The third-order valence-corrected chi connectivity index (χ3v) is 4.34. The van der Waals surface area contributed by atoms with Crippen LogP contribution in [0.15, 0.2) is 46.9 Å². The highest BCUT2D eigenvalue weighted by atomic mass is 79.9. The second kappa shape index (κ2) is 7.19. The highest BCUT2D eigenvalue weighted by Gasteiger charge is 2.12. The third kappa shape index (κ3) is 4.39. The first-order chi connectivity index (χ1) is 9.97. The highest BCUT2D eigenvalue weighted by molar-refractivity contribution is 9.10. The molecular formula is C18H20BrFO. The van der Waals surface area contributed by atoms with Gasteiger partial charge in [0.2, 0.25) is 0 Å². The Morgan fingerprint density at radius 2 is 1.71 bits per heavy atom. The van der Waals surface area contributed by atoms with E-state index in [0.29, 0.717) is 16.8 Å². The lowest BCUT2D eigenvalue weighted by molar-refractivity contribution is 0.178. The van der Waals surface area contributed by atoms with E-state index in [1.807, 2.05) is 18.2 Å². The average Bonchev–Trinajstić information content (AvgIpc) is 2.44. The van der Waals surface area contributed by atoms with Gasteiger partial charge in [-0.05, 0) is 51.0 Å². The maximum atomic E-state index is 13.5. The molecule has 0 aliphatic heterocycles. The Morgan fingerprint density at radius 3 is 2.33 bits per heavy atom. The minimum atomic E-state index is -0.629. The summed E-state index contributed by atoms with van der Waals surface area (Å²) in [5.41, 5.74) is 2.90. The Labute approximate surface area is 134 Å². The van der Waals surface area contributed by atoms with E-state index in [9.17, 15) is 9.50 Å². The van der Waals surface area contributed by atoms with Gasteiger partial charge in [0.1, 0.15) is 5.82 Å². The molecule has 2 aromatic carbocycles. The SMILES string of the molecule is CC(C)Cc1ccc(C(O)Cc2cccc(F)c2Br)cc1. The fourth-order valence-electron chi connectivity index (χ4n) is 2.38. The summed E-state index contributed by atoms with van der Waals surface area (Å²) in [6.45, 7) is 4.37. The topological polar surface area (TPSA) is 20.2 Å². The van der Waals surface area contributed by atoms with E-state index in [0.717, 1.165) is 17.5 Å². The van der Waals surface area contributed by atoms with Crippen molar-refractivity contribution in [3.63, 3.8) is 0 Å². The van der Waals surface area contributed by atoms with Crippen LogP contribution in [-0.2, 0) is 12.8 Å². The van der Waals surface area contributed by atoms with Gasteiger partial charge in [0.05, 0.1) is 10.6 Å².